The van der Waals surface area contributed by atoms with Gasteiger partial charge in [0, 0.05) is 57.3 Å². The number of hydrogen-bond acceptors (Lipinski definition) is 5. The summed E-state index contributed by atoms with van der Waals surface area (Å²) in [5.41, 5.74) is 2.33. The summed E-state index contributed by atoms with van der Waals surface area (Å²) in [7, 11) is 3.63. The van der Waals surface area contributed by atoms with Crippen LogP contribution >= 0.6 is 0 Å². The van der Waals surface area contributed by atoms with Crippen LogP contribution in [0.3, 0.4) is 0 Å². The Bertz CT molecular complexity index is 1140. The highest BCUT2D eigenvalue weighted by Gasteiger charge is 2.54. The molecule has 6 heteroatoms. The van der Waals surface area contributed by atoms with E-state index in [-0.39, 0.29) is 35.4 Å². The third-order valence-corrected chi connectivity index (χ3v) is 9.08. The lowest BCUT2D eigenvalue weighted by atomic mass is 9.56. The van der Waals surface area contributed by atoms with Gasteiger partial charge in [-0.1, -0.05) is 55.0 Å². The van der Waals surface area contributed by atoms with Crippen LogP contribution in [-0.2, 0) is 26.2 Å². The molecule has 0 radical (unpaired) electrons. The van der Waals surface area contributed by atoms with Gasteiger partial charge in [-0.25, -0.2) is 0 Å². The molecule has 1 aliphatic heterocycles. The molecule has 1 saturated heterocycles. The average Bonchev–Trinajstić information content (AvgIpc) is 2.97. The van der Waals surface area contributed by atoms with E-state index < -0.39 is 0 Å². The average molecular weight is 547 g/mol. The van der Waals surface area contributed by atoms with Crippen molar-refractivity contribution in [3.8, 4) is 5.75 Å². The van der Waals surface area contributed by atoms with Crippen LogP contribution in [0.4, 0.5) is 0 Å². The molecule has 40 heavy (non-hydrogen) atoms. The molecule has 1 aliphatic carbocycles. The number of nitrogens with zero attached hydrogens (tertiary/aromatic N) is 2. The molecule has 0 spiro atoms. The van der Waals surface area contributed by atoms with Gasteiger partial charge in [-0.15, -0.1) is 6.58 Å². The van der Waals surface area contributed by atoms with Crippen LogP contribution in [0.25, 0.3) is 0 Å². The van der Waals surface area contributed by atoms with Crippen molar-refractivity contribution in [2.75, 3.05) is 33.8 Å². The SMILES string of the molecule is C=CCN1CCC2(c3cccc(OC)c3)CC(N(C)C(=O)CCCCCc3ccccc3)CC(OC(C)=O)C2C1. The Hall–Kier alpha value is -3.12. The minimum Gasteiger partial charge on any atom is -0.497 e. The maximum Gasteiger partial charge on any atom is 0.302 e. The molecule has 216 valence electrons. The van der Waals surface area contributed by atoms with Crippen molar-refractivity contribution in [2.24, 2.45) is 5.92 Å². The second kappa shape index (κ2) is 14.0. The fraction of sp³-hybridized carbons (Fsp3) is 0.529. The van der Waals surface area contributed by atoms with E-state index in [1.54, 1.807) is 7.11 Å². The van der Waals surface area contributed by atoms with E-state index in [0.29, 0.717) is 12.8 Å². The quantitative estimate of drug-likeness (QED) is 0.191. The Labute approximate surface area is 240 Å². The molecule has 2 aromatic rings. The lowest BCUT2D eigenvalue weighted by Gasteiger charge is -2.56. The number of carbonyl (C=O) groups is 2. The van der Waals surface area contributed by atoms with E-state index in [0.717, 1.165) is 63.9 Å². The minimum absolute atomic E-state index is 0.00502. The van der Waals surface area contributed by atoms with Crippen molar-refractivity contribution in [2.45, 2.75) is 75.9 Å². The van der Waals surface area contributed by atoms with Crippen LogP contribution in [-0.4, -0.2) is 67.6 Å². The number of ether oxygens (including phenoxy) is 2. The Morgan fingerprint density at radius 2 is 1.93 bits per heavy atom. The van der Waals surface area contributed by atoms with Crippen molar-refractivity contribution in [3.63, 3.8) is 0 Å². The van der Waals surface area contributed by atoms with Gasteiger partial charge in [0.15, 0.2) is 0 Å². The van der Waals surface area contributed by atoms with Gasteiger partial charge < -0.3 is 14.4 Å². The number of carbonyl (C=O) groups excluding carboxylic acids is 2. The summed E-state index contributed by atoms with van der Waals surface area (Å²) in [6, 6.07) is 18.8. The largest absolute Gasteiger partial charge is 0.497 e. The molecule has 0 bridgehead atoms. The lowest BCUT2D eigenvalue weighted by molar-refractivity contribution is -0.160. The smallest absolute Gasteiger partial charge is 0.302 e. The third kappa shape index (κ3) is 7.14. The molecule has 4 rings (SSSR count). The third-order valence-electron chi connectivity index (χ3n) is 9.08. The highest BCUT2D eigenvalue weighted by Crippen LogP contribution is 2.51. The zero-order chi connectivity index (χ0) is 28.5. The number of aryl methyl sites for hydroxylation is 1. The van der Waals surface area contributed by atoms with E-state index in [1.165, 1.54) is 18.1 Å². The Kier molecular flexibility index (Phi) is 10.4. The number of rotatable bonds is 12. The van der Waals surface area contributed by atoms with Crippen molar-refractivity contribution >= 4 is 11.9 Å². The first-order chi connectivity index (χ1) is 19.4. The monoisotopic (exact) mass is 546 g/mol. The molecule has 2 fully saturated rings. The van der Waals surface area contributed by atoms with Crippen LogP contribution in [0.5, 0.6) is 5.75 Å². The number of benzene rings is 2. The number of fused-ring (bicyclic) bond motifs is 1. The summed E-state index contributed by atoms with van der Waals surface area (Å²) in [6.07, 6.45) is 8.70. The van der Waals surface area contributed by atoms with Crippen molar-refractivity contribution in [1.82, 2.24) is 9.80 Å². The van der Waals surface area contributed by atoms with Gasteiger partial charge in [0.05, 0.1) is 7.11 Å². The zero-order valence-corrected chi connectivity index (χ0v) is 24.5. The number of esters is 1. The van der Waals surface area contributed by atoms with Crippen molar-refractivity contribution < 1.29 is 19.1 Å². The summed E-state index contributed by atoms with van der Waals surface area (Å²) >= 11 is 0. The zero-order valence-electron chi connectivity index (χ0n) is 24.5. The highest BCUT2D eigenvalue weighted by atomic mass is 16.5. The fourth-order valence-electron chi connectivity index (χ4n) is 6.95. The molecule has 0 N–H and O–H groups in total. The molecule has 6 nitrogen and oxygen atoms in total. The maximum absolute atomic E-state index is 13.4. The molecule has 4 unspecified atom stereocenters. The predicted octanol–water partition coefficient (Wildman–Crippen LogP) is 5.80. The minimum atomic E-state index is -0.267. The summed E-state index contributed by atoms with van der Waals surface area (Å²) < 4.78 is 11.6. The Balaban J connectivity index is 1.50. The highest BCUT2D eigenvalue weighted by molar-refractivity contribution is 5.76. The van der Waals surface area contributed by atoms with E-state index in [4.69, 9.17) is 9.47 Å². The van der Waals surface area contributed by atoms with Crippen LogP contribution < -0.4 is 4.74 Å². The summed E-state index contributed by atoms with van der Waals surface area (Å²) in [4.78, 5) is 30.1. The van der Waals surface area contributed by atoms with Crippen LogP contribution in [0, 0.1) is 5.92 Å². The van der Waals surface area contributed by atoms with Gasteiger partial charge in [-0.05, 0) is 61.9 Å². The van der Waals surface area contributed by atoms with Crippen molar-refractivity contribution in [1.29, 1.82) is 0 Å². The van der Waals surface area contributed by atoms with E-state index in [2.05, 4.69) is 47.9 Å². The first kappa shape index (κ1) is 29.9. The summed E-state index contributed by atoms with van der Waals surface area (Å²) in [6.45, 7) is 8.00. The summed E-state index contributed by atoms with van der Waals surface area (Å²) in [5, 5.41) is 0. The number of piperidine rings is 1. The van der Waals surface area contributed by atoms with Crippen molar-refractivity contribution in [3.05, 3.63) is 78.4 Å². The lowest BCUT2D eigenvalue weighted by Crippen LogP contribution is -2.61. The predicted molar refractivity (Wildman–Crippen MR) is 159 cm³/mol. The van der Waals surface area contributed by atoms with Gasteiger partial charge in [0.2, 0.25) is 5.91 Å². The normalized spacial score (nSPS) is 24.5. The number of hydrogen-bond donors (Lipinski definition) is 0. The van der Waals surface area contributed by atoms with Gasteiger partial charge in [0.1, 0.15) is 11.9 Å². The molecule has 0 aromatic heterocycles. The molecule has 1 amide bonds. The Morgan fingerprint density at radius 1 is 1.12 bits per heavy atom. The van der Waals surface area contributed by atoms with Gasteiger partial charge in [-0.2, -0.15) is 0 Å². The van der Waals surface area contributed by atoms with Gasteiger partial charge >= 0.3 is 5.97 Å². The second-order valence-corrected chi connectivity index (χ2v) is 11.6. The molecule has 4 atom stereocenters. The molecular weight excluding hydrogens is 500 g/mol. The van der Waals surface area contributed by atoms with E-state index >= 15 is 0 Å². The van der Waals surface area contributed by atoms with Gasteiger partial charge in [-0.3, -0.25) is 14.5 Å². The molecule has 1 saturated carbocycles. The van der Waals surface area contributed by atoms with E-state index in [1.807, 2.05) is 36.2 Å². The fourth-order valence-corrected chi connectivity index (χ4v) is 6.95. The Morgan fingerprint density at radius 3 is 2.65 bits per heavy atom. The number of likely N-dealkylation sites (tertiary alicyclic amines) is 1. The number of methoxy groups -OCH3 is 1. The standard InChI is InChI=1S/C34H46N2O4/c1-5-20-36-21-19-34(28-16-12-17-30(22-28)39-4)24-29(23-32(31(34)25-36)40-26(2)37)35(3)33(38)18-11-7-10-15-27-13-8-6-9-14-27/h5-6,8-9,12-14,16-17,22,29,31-32H,1,7,10-11,15,18-21,23-25H2,2-4H3. The summed E-state index contributed by atoms with van der Waals surface area (Å²) in [5.74, 6) is 0.855. The van der Waals surface area contributed by atoms with Crippen LogP contribution in [0.2, 0.25) is 0 Å². The second-order valence-electron chi connectivity index (χ2n) is 11.6. The topological polar surface area (TPSA) is 59.1 Å². The number of unbranched alkanes of at least 4 members (excludes halogenated alkanes) is 2. The first-order valence-corrected chi connectivity index (χ1v) is 14.8. The van der Waals surface area contributed by atoms with E-state index in [9.17, 15) is 9.59 Å². The number of amides is 1. The first-order valence-electron chi connectivity index (χ1n) is 14.8. The molecular formula is C34H46N2O4. The molecule has 2 aliphatic rings. The van der Waals surface area contributed by atoms with Crippen LogP contribution in [0.15, 0.2) is 67.3 Å². The van der Waals surface area contributed by atoms with Crippen LogP contribution in [0.1, 0.15) is 63.0 Å². The maximum atomic E-state index is 13.4. The van der Waals surface area contributed by atoms with Gasteiger partial charge in [0.25, 0.3) is 0 Å². The molecule has 1 heterocycles. The molecule has 2 aromatic carbocycles.